The molecule has 0 bridgehead atoms. The minimum Gasteiger partial charge on any atom is -0.396 e. The van der Waals surface area contributed by atoms with Crippen LogP contribution in [0.4, 0.5) is 0 Å². The molecule has 1 atom stereocenters. The first-order valence-corrected chi connectivity index (χ1v) is 10.7. The predicted octanol–water partition coefficient (Wildman–Crippen LogP) is 2.83. The minimum atomic E-state index is 0.347. The molecule has 0 unspecified atom stereocenters. The van der Waals surface area contributed by atoms with Crippen LogP contribution in [0.5, 0.6) is 0 Å². The van der Waals surface area contributed by atoms with E-state index in [-0.39, 0.29) is 0 Å². The average Bonchev–Trinajstić information content (AvgIpc) is 2.58. The number of aliphatic hydroxyl groups is 1. The van der Waals surface area contributed by atoms with Gasteiger partial charge in [0.1, 0.15) is 0 Å². The summed E-state index contributed by atoms with van der Waals surface area (Å²) in [5.74, 6) is 3.61. The number of nitrogens with zero attached hydrogens (tertiary/aromatic N) is 2. The van der Waals surface area contributed by atoms with Gasteiger partial charge in [-0.2, -0.15) is 11.8 Å². The van der Waals surface area contributed by atoms with Crippen LogP contribution in [0.2, 0.25) is 0 Å². The zero-order chi connectivity index (χ0) is 15.2. The van der Waals surface area contributed by atoms with Crippen molar-refractivity contribution in [2.75, 3.05) is 44.3 Å². The fourth-order valence-corrected chi connectivity index (χ4v) is 5.75. The highest BCUT2D eigenvalue weighted by atomic mass is 32.2. The lowest BCUT2D eigenvalue weighted by Gasteiger charge is -2.46. The van der Waals surface area contributed by atoms with Gasteiger partial charge in [-0.3, -0.25) is 9.80 Å². The van der Waals surface area contributed by atoms with Crippen molar-refractivity contribution >= 4 is 11.8 Å². The molecular formula is C18H34N2OS. The molecule has 0 amide bonds. The third-order valence-electron chi connectivity index (χ3n) is 6.02. The maximum Gasteiger partial charge on any atom is 0.0446 e. The van der Waals surface area contributed by atoms with E-state index in [0.29, 0.717) is 12.6 Å². The van der Waals surface area contributed by atoms with Gasteiger partial charge in [0.15, 0.2) is 0 Å². The van der Waals surface area contributed by atoms with E-state index in [4.69, 9.17) is 0 Å². The summed E-state index contributed by atoms with van der Waals surface area (Å²) in [7, 11) is 0. The Kier molecular flexibility index (Phi) is 6.91. The largest absolute Gasteiger partial charge is 0.396 e. The summed E-state index contributed by atoms with van der Waals surface area (Å²) in [6.45, 7) is 5.32. The molecule has 4 heteroatoms. The lowest BCUT2D eigenvalue weighted by molar-refractivity contribution is 0.0218. The molecule has 2 aliphatic heterocycles. The Morgan fingerprint density at radius 3 is 2.45 bits per heavy atom. The van der Waals surface area contributed by atoms with Gasteiger partial charge in [-0.05, 0) is 49.5 Å². The first kappa shape index (κ1) is 17.1. The van der Waals surface area contributed by atoms with Crippen molar-refractivity contribution in [2.45, 2.75) is 63.5 Å². The van der Waals surface area contributed by atoms with E-state index in [2.05, 4.69) is 21.6 Å². The minimum absolute atomic E-state index is 0.347. The molecule has 0 aromatic heterocycles. The van der Waals surface area contributed by atoms with E-state index in [9.17, 15) is 5.11 Å². The molecule has 0 aromatic carbocycles. The molecule has 1 aliphatic carbocycles. The lowest BCUT2D eigenvalue weighted by atomic mass is 9.88. The second-order valence-corrected chi connectivity index (χ2v) is 8.73. The van der Waals surface area contributed by atoms with Crippen LogP contribution < -0.4 is 0 Å². The van der Waals surface area contributed by atoms with Crippen LogP contribution in [0.15, 0.2) is 0 Å². The van der Waals surface area contributed by atoms with E-state index in [1.807, 2.05) is 0 Å². The van der Waals surface area contributed by atoms with Crippen molar-refractivity contribution in [1.82, 2.24) is 9.80 Å². The molecular weight excluding hydrogens is 292 g/mol. The van der Waals surface area contributed by atoms with Crippen molar-refractivity contribution in [3.8, 4) is 0 Å². The summed E-state index contributed by atoms with van der Waals surface area (Å²) >= 11 is 2.12. The van der Waals surface area contributed by atoms with Gasteiger partial charge in [0.25, 0.3) is 0 Å². The maximum absolute atomic E-state index is 9.49. The van der Waals surface area contributed by atoms with Gasteiger partial charge in [-0.1, -0.05) is 19.3 Å². The summed E-state index contributed by atoms with van der Waals surface area (Å²) in [5.41, 5.74) is 0. The number of hydrogen-bond acceptors (Lipinski definition) is 4. The molecule has 2 saturated heterocycles. The van der Waals surface area contributed by atoms with Crippen LogP contribution in [-0.4, -0.2) is 71.3 Å². The Bertz CT molecular complexity index is 316. The molecule has 3 aliphatic rings. The first-order chi connectivity index (χ1) is 10.9. The monoisotopic (exact) mass is 326 g/mol. The normalized spacial score (nSPS) is 30.7. The molecule has 3 rings (SSSR count). The highest BCUT2D eigenvalue weighted by Gasteiger charge is 2.32. The molecule has 128 valence electrons. The zero-order valence-electron chi connectivity index (χ0n) is 14.1. The van der Waals surface area contributed by atoms with Crippen LogP contribution in [0, 0.1) is 5.92 Å². The topological polar surface area (TPSA) is 26.7 Å². The Labute approximate surface area is 140 Å². The molecule has 1 saturated carbocycles. The Morgan fingerprint density at radius 2 is 1.73 bits per heavy atom. The van der Waals surface area contributed by atoms with Crippen molar-refractivity contribution in [3.63, 3.8) is 0 Å². The highest BCUT2D eigenvalue weighted by molar-refractivity contribution is 7.99. The summed E-state index contributed by atoms with van der Waals surface area (Å²) in [6, 6.07) is 1.41. The van der Waals surface area contributed by atoms with Crippen molar-refractivity contribution < 1.29 is 5.11 Å². The second kappa shape index (κ2) is 8.91. The molecule has 1 N–H and O–H groups in total. The van der Waals surface area contributed by atoms with Gasteiger partial charge < -0.3 is 5.11 Å². The molecule has 2 heterocycles. The smallest absolute Gasteiger partial charge is 0.0446 e. The lowest BCUT2D eigenvalue weighted by Crippen LogP contribution is -2.57. The number of piperazine rings is 1. The van der Waals surface area contributed by atoms with Crippen LogP contribution in [-0.2, 0) is 0 Å². The van der Waals surface area contributed by atoms with Crippen LogP contribution >= 0.6 is 11.8 Å². The summed E-state index contributed by atoms with van der Waals surface area (Å²) in [4.78, 5) is 5.47. The number of rotatable bonds is 5. The molecule has 3 fully saturated rings. The molecule has 3 nitrogen and oxygen atoms in total. The summed E-state index contributed by atoms with van der Waals surface area (Å²) in [6.07, 6.45) is 10.9. The van der Waals surface area contributed by atoms with E-state index in [1.165, 1.54) is 82.6 Å². The van der Waals surface area contributed by atoms with E-state index in [0.717, 1.165) is 18.4 Å². The first-order valence-electron chi connectivity index (χ1n) is 9.53. The van der Waals surface area contributed by atoms with Gasteiger partial charge >= 0.3 is 0 Å². The van der Waals surface area contributed by atoms with Gasteiger partial charge in [-0.15, -0.1) is 0 Å². The van der Waals surface area contributed by atoms with E-state index < -0.39 is 0 Å². The Morgan fingerprint density at radius 1 is 0.955 bits per heavy atom. The maximum atomic E-state index is 9.49. The molecule has 0 aromatic rings. The van der Waals surface area contributed by atoms with Gasteiger partial charge in [0, 0.05) is 44.9 Å². The summed E-state index contributed by atoms with van der Waals surface area (Å²) < 4.78 is 0. The van der Waals surface area contributed by atoms with Gasteiger partial charge in [0.05, 0.1) is 0 Å². The fourth-order valence-electron chi connectivity index (χ4n) is 4.66. The third kappa shape index (κ3) is 4.62. The number of aliphatic hydroxyl groups excluding tert-OH is 1. The number of hydrogen-bond donors (Lipinski definition) is 1. The van der Waals surface area contributed by atoms with Crippen molar-refractivity contribution in [3.05, 3.63) is 0 Å². The van der Waals surface area contributed by atoms with Crippen molar-refractivity contribution in [2.24, 2.45) is 5.92 Å². The summed E-state index contributed by atoms with van der Waals surface area (Å²) in [5, 5.41) is 9.49. The molecule has 22 heavy (non-hydrogen) atoms. The van der Waals surface area contributed by atoms with Gasteiger partial charge in [-0.25, -0.2) is 0 Å². The fraction of sp³-hybridized carbons (Fsp3) is 1.00. The Hall–Kier alpha value is 0.230. The van der Waals surface area contributed by atoms with E-state index in [1.54, 1.807) is 0 Å². The number of thioether (sulfide) groups is 1. The zero-order valence-corrected chi connectivity index (χ0v) is 14.9. The van der Waals surface area contributed by atoms with Crippen LogP contribution in [0.3, 0.4) is 0 Å². The van der Waals surface area contributed by atoms with E-state index >= 15 is 0 Å². The second-order valence-electron chi connectivity index (χ2n) is 7.50. The van der Waals surface area contributed by atoms with Gasteiger partial charge in [0.2, 0.25) is 0 Å². The highest BCUT2D eigenvalue weighted by Crippen LogP contribution is 2.28. The molecule has 0 radical (unpaired) electrons. The predicted molar refractivity (Wildman–Crippen MR) is 95.6 cm³/mol. The van der Waals surface area contributed by atoms with Crippen LogP contribution in [0.25, 0.3) is 0 Å². The molecule has 0 spiro atoms. The Balaban J connectivity index is 1.53. The average molecular weight is 327 g/mol. The van der Waals surface area contributed by atoms with Crippen LogP contribution in [0.1, 0.15) is 51.4 Å². The third-order valence-corrected chi connectivity index (χ3v) is 7.07. The standard InChI is InChI=1S/C18H34N2OS/c21-11-6-18-15-20(17-7-12-22-13-8-17)10-9-19(18)14-16-4-2-1-3-5-16/h16-18,21H,1-15H2/t18-/m0/s1. The van der Waals surface area contributed by atoms with Crippen molar-refractivity contribution in [1.29, 1.82) is 0 Å². The quantitative estimate of drug-likeness (QED) is 0.840. The SMILES string of the molecule is OCC[C@H]1CN(C2CCSCC2)CCN1CC1CCCCC1.